The Morgan fingerprint density at radius 1 is 1.33 bits per heavy atom. The van der Waals surface area contributed by atoms with Crippen LogP contribution in [-0.4, -0.2) is 16.6 Å². The minimum absolute atomic E-state index is 0.0217. The fourth-order valence-electron chi connectivity index (χ4n) is 1.55. The number of nitrogens with one attached hydrogen (secondary N) is 1. The van der Waals surface area contributed by atoms with Gasteiger partial charge in [-0.15, -0.1) is 0 Å². The largest absolute Gasteiger partial charge is 0.427 e. The summed E-state index contributed by atoms with van der Waals surface area (Å²) in [6, 6.07) is 4.60. The second-order valence-corrected chi connectivity index (χ2v) is 5.96. The van der Waals surface area contributed by atoms with Crippen molar-refractivity contribution in [3.05, 3.63) is 44.9 Å². The van der Waals surface area contributed by atoms with E-state index >= 15 is 0 Å². The van der Waals surface area contributed by atoms with Gasteiger partial charge >= 0.3 is 6.18 Å². The highest BCUT2D eigenvalue weighted by Gasteiger charge is 2.33. The summed E-state index contributed by atoms with van der Waals surface area (Å²) >= 11 is 12.2. The summed E-state index contributed by atoms with van der Waals surface area (Å²) in [6.45, 7) is -0.0217. The van der Waals surface area contributed by atoms with Gasteiger partial charge in [-0.2, -0.15) is 13.2 Å². The Hall–Kier alpha value is -1.02. The number of anilines is 1. The third-order valence-corrected chi connectivity index (χ3v) is 4.12. The molecule has 0 aliphatic rings. The third kappa shape index (κ3) is 4.23. The van der Waals surface area contributed by atoms with E-state index in [9.17, 15) is 18.3 Å². The molecule has 0 fully saturated rings. The minimum Gasteiger partial charge on any atom is -0.387 e. The summed E-state index contributed by atoms with van der Waals surface area (Å²) < 4.78 is 37.3. The summed E-state index contributed by atoms with van der Waals surface area (Å²) in [4.78, 5) is 2.81. The Kier molecular flexibility index (Phi) is 4.98. The van der Waals surface area contributed by atoms with Crippen LogP contribution >= 0.6 is 34.5 Å². The van der Waals surface area contributed by atoms with Gasteiger partial charge in [-0.3, -0.25) is 0 Å². The summed E-state index contributed by atoms with van der Waals surface area (Å²) in [7, 11) is 0. The van der Waals surface area contributed by atoms with Crippen LogP contribution in [0, 0.1) is 0 Å². The Morgan fingerprint density at radius 3 is 2.62 bits per heavy atom. The number of aliphatic hydroxyl groups is 1. The highest BCUT2D eigenvalue weighted by molar-refractivity contribution is 7.15. The molecule has 1 aromatic carbocycles. The van der Waals surface area contributed by atoms with Gasteiger partial charge in [-0.25, -0.2) is 4.98 Å². The van der Waals surface area contributed by atoms with E-state index in [0.717, 1.165) is 6.20 Å². The van der Waals surface area contributed by atoms with Crippen LogP contribution in [0.15, 0.2) is 24.4 Å². The van der Waals surface area contributed by atoms with Gasteiger partial charge in [0, 0.05) is 22.2 Å². The van der Waals surface area contributed by atoms with Crippen LogP contribution in [0.1, 0.15) is 16.5 Å². The number of nitrogens with zero attached hydrogens (tertiary/aromatic N) is 1. The molecule has 1 heterocycles. The molecule has 0 aliphatic carbocycles. The molecule has 21 heavy (non-hydrogen) atoms. The van der Waals surface area contributed by atoms with Crippen molar-refractivity contribution in [2.75, 3.05) is 11.9 Å². The van der Waals surface area contributed by atoms with Crippen molar-refractivity contribution in [1.82, 2.24) is 4.98 Å². The molecule has 2 N–H and O–H groups in total. The zero-order valence-electron chi connectivity index (χ0n) is 10.3. The van der Waals surface area contributed by atoms with E-state index in [4.69, 9.17) is 23.2 Å². The van der Waals surface area contributed by atoms with Gasteiger partial charge < -0.3 is 10.4 Å². The number of thiazole rings is 1. The molecule has 1 atom stereocenters. The summed E-state index contributed by atoms with van der Waals surface area (Å²) in [5.41, 5.74) is 0.432. The first-order valence-electron chi connectivity index (χ1n) is 5.67. The van der Waals surface area contributed by atoms with Crippen molar-refractivity contribution in [2.45, 2.75) is 12.3 Å². The second kappa shape index (κ2) is 6.39. The van der Waals surface area contributed by atoms with Crippen molar-refractivity contribution >= 4 is 39.7 Å². The van der Waals surface area contributed by atoms with E-state index in [-0.39, 0.29) is 16.7 Å². The summed E-state index contributed by atoms with van der Waals surface area (Å²) in [6.07, 6.45) is -4.67. The predicted octanol–water partition coefficient (Wildman–Crippen LogP) is 4.61. The van der Waals surface area contributed by atoms with Gasteiger partial charge in [0.25, 0.3) is 0 Å². The molecule has 0 spiro atoms. The average molecular weight is 357 g/mol. The number of hydrogen-bond acceptors (Lipinski definition) is 4. The van der Waals surface area contributed by atoms with Gasteiger partial charge in [-0.1, -0.05) is 40.6 Å². The molecule has 3 nitrogen and oxygen atoms in total. The van der Waals surface area contributed by atoms with Crippen LogP contribution in [0.3, 0.4) is 0 Å². The number of rotatable bonds is 4. The highest BCUT2D eigenvalue weighted by atomic mass is 35.5. The fraction of sp³-hybridized carbons (Fsp3) is 0.250. The summed E-state index contributed by atoms with van der Waals surface area (Å²) in [5.74, 6) is 0. The Labute approximate surface area is 132 Å². The number of benzene rings is 1. The molecule has 0 bridgehead atoms. The molecule has 0 radical (unpaired) electrons. The lowest BCUT2D eigenvalue weighted by Gasteiger charge is -2.13. The van der Waals surface area contributed by atoms with Crippen molar-refractivity contribution in [2.24, 2.45) is 0 Å². The topological polar surface area (TPSA) is 45.1 Å². The molecule has 114 valence electrons. The lowest BCUT2D eigenvalue weighted by Crippen LogP contribution is -2.12. The lowest BCUT2D eigenvalue weighted by molar-refractivity contribution is -0.134. The molecule has 2 aromatic rings. The van der Waals surface area contributed by atoms with Gasteiger partial charge in [0.2, 0.25) is 0 Å². The SMILES string of the molecule is OC(CNc1ncc(C(F)(F)F)s1)c1ccc(Cl)cc1Cl. The van der Waals surface area contributed by atoms with Crippen LogP contribution in [0.25, 0.3) is 0 Å². The van der Waals surface area contributed by atoms with Gasteiger partial charge in [0.05, 0.1) is 12.3 Å². The van der Waals surface area contributed by atoms with Crippen LogP contribution in [0.5, 0.6) is 0 Å². The fourth-order valence-corrected chi connectivity index (χ4v) is 2.78. The number of aromatic nitrogens is 1. The molecule has 1 unspecified atom stereocenters. The zero-order valence-corrected chi connectivity index (χ0v) is 12.6. The first-order valence-corrected chi connectivity index (χ1v) is 7.24. The van der Waals surface area contributed by atoms with Crippen molar-refractivity contribution in [1.29, 1.82) is 0 Å². The van der Waals surface area contributed by atoms with Crippen LogP contribution in [-0.2, 0) is 6.18 Å². The maximum atomic E-state index is 12.4. The van der Waals surface area contributed by atoms with Gasteiger partial charge in [0.1, 0.15) is 4.88 Å². The molecule has 0 saturated heterocycles. The van der Waals surface area contributed by atoms with E-state index in [1.165, 1.54) is 6.07 Å². The first-order chi connectivity index (χ1) is 9.77. The first kappa shape index (κ1) is 16.4. The maximum absolute atomic E-state index is 12.4. The van der Waals surface area contributed by atoms with Crippen molar-refractivity contribution < 1.29 is 18.3 Å². The van der Waals surface area contributed by atoms with E-state index in [2.05, 4.69) is 10.3 Å². The quantitative estimate of drug-likeness (QED) is 0.840. The van der Waals surface area contributed by atoms with E-state index < -0.39 is 17.2 Å². The standard InChI is InChI=1S/C12H9Cl2F3N2OS/c13-6-1-2-7(8(14)3-6)9(20)4-18-11-19-5-10(21-11)12(15,16)17/h1-3,5,9,20H,4H2,(H,18,19). The molecule has 9 heteroatoms. The third-order valence-electron chi connectivity index (χ3n) is 2.55. The van der Waals surface area contributed by atoms with E-state index in [0.29, 0.717) is 21.9 Å². The molecule has 2 rings (SSSR count). The number of aliphatic hydroxyl groups excluding tert-OH is 1. The van der Waals surface area contributed by atoms with Crippen molar-refractivity contribution in [3.8, 4) is 0 Å². The Bertz CT molecular complexity index is 633. The molecule has 1 aromatic heterocycles. The normalized spacial score (nSPS) is 13.2. The Balaban J connectivity index is 2.01. The van der Waals surface area contributed by atoms with E-state index in [1.807, 2.05) is 0 Å². The van der Waals surface area contributed by atoms with Crippen molar-refractivity contribution in [3.63, 3.8) is 0 Å². The highest BCUT2D eigenvalue weighted by Crippen LogP contribution is 2.35. The average Bonchev–Trinajstić information content (AvgIpc) is 2.84. The van der Waals surface area contributed by atoms with E-state index in [1.54, 1.807) is 12.1 Å². The lowest BCUT2D eigenvalue weighted by atomic mass is 10.1. The van der Waals surface area contributed by atoms with Crippen LogP contribution in [0.4, 0.5) is 18.3 Å². The van der Waals surface area contributed by atoms with Crippen LogP contribution in [0.2, 0.25) is 10.0 Å². The smallest absolute Gasteiger partial charge is 0.387 e. The van der Waals surface area contributed by atoms with Crippen LogP contribution < -0.4 is 5.32 Å². The van der Waals surface area contributed by atoms with Gasteiger partial charge in [-0.05, 0) is 12.1 Å². The molecule has 0 saturated carbocycles. The number of hydrogen-bond donors (Lipinski definition) is 2. The Morgan fingerprint density at radius 2 is 2.05 bits per heavy atom. The monoisotopic (exact) mass is 356 g/mol. The zero-order chi connectivity index (χ0) is 15.6. The number of halogens is 5. The molecule has 0 aliphatic heterocycles. The summed E-state index contributed by atoms with van der Waals surface area (Å²) in [5, 5.41) is 13.4. The predicted molar refractivity (Wildman–Crippen MR) is 77.0 cm³/mol. The minimum atomic E-state index is -4.42. The maximum Gasteiger partial charge on any atom is 0.427 e. The number of alkyl halides is 3. The molecule has 0 amide bonds. The van der Waals surface area contributed by atoms with Gasteiger partial charge in [0.15, 0.2) is 5.13 Å². The molecular weight excluding hydrogens is 348 g/mol. The molecular formula is C12H9Cl2F3N2OS. The second-order valence-electron chi connectivity index (χ2n) is 4.09.